The average molecular weight is 479 g/mol. The second-order valence-corrected chi connectivity index (χ2v) is 10.5. The van der Waals surface area contributed by atoms with E-state index >= 15 is 0 Å². The van der Waals surface area contributed by atoms with Crippen molar-refractivity contribution in [2.75, 3.05) is 27.6 Å². The number of nitrogens with one attached hydrogen (secondary N) is 1. The summed E-state index contributed by atoms with van der Waals surface area (Å²) in [5.41, 5.74) is 2.92. The van der Waals surface area contributed by atoms with Gasteiger partial charge < -0.3 is 9.80 Å². The number of fused-ring (bicyclic) bond motifs is 1. The molecule has 0 unspecified atom stereocenters. The van der Waals surface area contributed by atoms with Crippen molar-refractivity contribution in [1.29, 1.82) is 0 Å². The van der Waals surface area contributed by atoms with Crippen LogP contribution in [-0.2, 0) is 21.2 Å². The van der Waals surface area contributed by atoms with E-state index in [-0.39, 0.29) is 19.7 Å². The maximum Gasteiger partial charge on any atom is 0.263 e. The van der Waals surface area contributed by atoms with Gasteiger partial charge in [-0.1, -0.05) is 17.7 Å². The molecule has 3 aromatic rings. The minimum Gasteiger partial charge on any atom is -0.359 e. The van der Waals surface area contributed by atoms with Gasteiger partial charge in [0.15, 0.2) is 5.13 Å². The van der Waals surface area contributed by atoms with Gasteiger partial charge in [0.05, 0.1) is 4.90 Å². The van der Waals surface area contributed by atoms with Crippen molar-refractivity contribution in [2.24, 2.45) is 0 Å². The molecule has 1 fully saturated rings. The summed E-state index contributed by atoms with van der Waals surface area (Å²) >= 11 is 7.38. The van der Waals surface area contributed by atoms with Gasteiger partial charge in [-0.2, -0.15) is 0 Å². The Morgan fingerprint density at radius 1 is 1.16 bits per heavy atom. The molecule has 7 nitrogen and oxygen atoms in total. The van der Waals surface area contributed by atoms with Crippen molar-refractivity contribution in [2.45, 2.75) is 23.8 Å². The summed E-state index contributed by atoms with van der Waals surface area (Å²) in [5, 5.41) is 2.67. The quantitative estimate of drug-likeness (QED) is 0.592. The summed E-state index contributed by atoms with van der Waals surface area (Å²) in [5.74, 6) is 0.0179. The third-order valence-corrected chi connectivity index (χ3v) is 8.05. The average Bonchev–Trinajstić information content (AvgIpc) is 3.48. The number of nitrogens with zero attached hydrogens (tertiary/aromatic N) is 3. The molecule has 0 radical (unpaired) electrons. The molecular formula is C21H23ClN4O3S2. The Hall–Kier alpha value is -2.62. The van der Waals surface area contributed by atoms with E-state index in [1.165, 1.54) is 35.2 Å². The van der Waals surface area contributed by atoms with Crippen LogP contribution in [0.1, 0.15) is 14.8 Å². The highest BCUT2D eigenvalue weighted by atomic mass is 35.5. The lowest BCUT2D eigenvalue weighted by Gasteiger charge is -2.26. The van der Waals surface area contributed by atoms with Crippen molar-refractivity contribution in [3.8, 4) is 0 Å². The summed E-state index contributed by atoms with van der Waals surface area (Å²) < 4.78 is 27.5. The fourth-order valence-electron chi connectivity index (χ4n) is 4.16. The molecule has 10 heteroatoms. The number of sulfonamides is 1. The van der Waals surface area contributed by atoms with Crippen LogP contribution in [0.3, 0.4) is 0 Å². The van der Waals surface area contributed by atoms with Gasteiger partial charge in [-0.3, -0.25) is 9.52 Å². The SMILES string of the molecule is O=C1[C@@H](N2CCc3ccc(Cl)cc32)CCN1c1ccc(S(=O)(=O)Nc2nccs2)cc1.[HH].[HH]. The second-order valence-electron chi connectivity index (χ2n) is 7.45. The number of carbonyl (C=O) groups excluding carboxylic acids is 1. The Morgan fingerprint density at radius 3 is 2.71 bits per heavy atom. The van der Waals surface area contributed by atoms with Crippen LogP contribution in [0.4, 0.5) is 16.5 Å². The van der Waals surface area contributed by atoms with Gasteiger partial charge in [-0.25, -0.2) is 13.4 Å². The fraction of sp³-hybridized carbons (Fsp3) is 0.238. The standard InChI is InChI=1S/C21H19ClN4O3S2.2H2/c22-15-2-1-14-7-10-26(19(14)13-15)18-8-11-25(20(18)27)16-3-5-17(6-4-16)31(28,29)24-21-23-9-12-30-21;;/h1-6,9,12-13,18H,7-8,10-11H2,(H,23,24);2*1H/t18-;;/m0../s1. The Morgan fingerprint density at radius 2 is 1.97 bits per heavy atom. The van der Waals surface area contributed by atoms with Crippen LogP contribution in [-0.4, -0.2) is 38.4 Å². The molecule has 0 saturated carbocycles. The van der Waals surface area contributed by atoms with Crippen LogP contribution < -0.4 is 14.5 Å². The number of carbonyl (C=O) groups is 1. The first-order valence-corrected chi connectivity index (χ1v) is 12.6. The van der Waals surface area contributed by atoms with Crippen molar-refractivity contribution in [1.82, 2.24) is 4.98 Å². The number of rotatable bonds is 5. The minimum absolute atomic E-state index is 0. The number of halogens is 1. The van der Waals surface area contributed by atoms with Gasteiger partial charge in [0, 0.05) is 43.9 Å². The molecule has 3 heterocycles. The second kappa shape index (κ2) is 7.81. The van der Waals surface area contributed by atoms with Crippen molar-refractivity contribution in [3.63, 3.8) is 0 Å². The van der Waals surface area contributed by atoms with Crippen LogP contribution in [0.15, 0.2) is 58.9 Å². The molecule has 1 saturated heterocycles. The monoisotopic (exact) mass is 478 g/mol. The smallest absolute Gasteiger partial charge is 0.263 e. The van der Waals surface area contributed by atoms with E-state index in [2.05, 4.69) is 14.6 Å². The predicted molar refractivity (Wildman–Crippen MR) is 127 cm³/mol. The van der Waals surface area contributed by atoms with Crippen molar-refractivity contribution < 1.29 is 16.1 Å². The lowest BCUT2D eigenvalue weighted by molar-refractivity contribution is -0.118. The summed E-state index contributed by atoms with van der Waals surface area (Å²) in [6, 6.07) is 12.0. The van der Waals surface area contributed by atoms with Crippen LogP contribution in [0, 0.1) is 0 Å². The zero-order valence-electron chi connectivity index (χ0n) is 16.4. The summed E-state index contributed by atoms with van der Waals surface area (Å²) in [4.78, 5) is 21.1. The molecule has 2 aliphatic rings. The number of hydrogen-bond acceptors (Lipinski definition) is 6. The highest BCUT2D eigenvalue weighted by Crippen LogP contribution is 2.36. The van der Waals surface area contributed by atoms with Gasteiger partial charge in [0.25, 0.3) is 10.0 Å². The van der Waals surface area contributed by atoms with Gasteiger partial charge in [-0.15, -0.1) is 11.3 Å². The molecule has 1 aromatic heterocycles. The number of hydrogen-bond donors (Lipinski definition) is 1. The van der Waals surface area contributed by atoms with E-state index in [0.717, 1.165) is 18.7 Å². The van der Waals surface area contributed by atoms with E-state index in [9.17, 15) is 13.2 Å². The molecule has 0 spiro atoms. The molecule has 164 valence electrons. The zero-order chi connectivity index (χ0) is 21.6. The Labute approximate surface area is 192 Å². The number of amides is 1. The summed E-state index contributed by atoms with van der Waals surface area (Å²) in [6.45, 7) is 1.37. The normalized spacial score (nSPS) is 18.5. The first-order chi connectivity index (χ1) is 14.9. The first kappa shape index (κ1) is 20.3. The summed E-state index contributed by atoms with van der Waals surface area (Å²) in [6.07, 6.45) is 3.14. The number of thiazole rings is 1. The van der Waals surface area contributed by atoms with Crippen LogP contribution in [0.5, 0.6) is 0 Å². The van der Waals surface area contributed by atoms with Crippen molar-refractivity contribution >= 4 is 55.4 Å². The number of aromatic nitrogens is 1. The van der Waals surface area contributed by atoms with E-state index in [1.54, 1.807) is 22.4 Å². The molecule has 0 aliphatic carbocycles. The fourth-order valence-corrected chi connectivity index (χ4v) is 6.12. The van der Waals surface area contributed by atoms with Crippen LogP contribution in [0.2, 0.25) is 5.02 Å². The molecule has 2 aliphatic heterocycles. The van der Waals surface area contributed by atoms with Gasteiger partial charge in [-0.05, 0) is 54.8 Å². The Bertz CT molecular complexity index is 1240. The molecule has 0 bridgehead atoms. The van der Waals surface area contributed by atoms with Gasteiger partial charge >= 0.3 is 0 Å². The molecule has 2 aromatic carbocycles. The molecule has 5 rings (SSSR count). The largest absolute Gasteiger partial charge is 0.359 e. The van der Waals surface area contributed by atoms with Crippen LogP contribution in [0.25, 0.3) is 0 Å². The highest BCUT2D eigenvalue weighted by molar-refractivity contribution is 7.93. The molecule has 1 N–H and O–H groups in total. The minimum atomic E-state index is -3.72. The maximum atomic E-state index is 13.2. The molecule has 31 heavy (non-hydrogen) atoms. The van der Waals surface area contributed by atoms with E-state index in [0.29, 0.717) is 28.8 Å². The third kappa shape index (κ3) is 3.77. The lowest BCUT2D eigenvalue weighted by atomic mass is 10.1. The summed E-state index contributed by atoms with van der Waals surface area (Å²) in [7, 11) is -3.72. The Balaban J connectivity index is 0.00000153. The molecular weight excluding hydrogens is 456 g/mol. The highest BCUT2D eigenvalue weighted by Gasteiger charge is 2.39. The third-order valence-electron chi connectivity index (χ3n) is 5.64. The first-order valence-electron chi connectivity index (χ1n) is 9.81. The number of benzene rings is 2. The Kier molecular flexibility index (Phi) is 5.11. The van der Waals surface area contributed by atoms with Crippen molar-refractivity contribution in [3.05, 3.63) is 64.6 Å². The van der Waals surface area contributed by atoms with Crippen LogP contribution >= 0.6 is 22.9 Å². The van der Waals surface area contributed by atoms with Gasteiger partial charge in [0.2, 0.25) is 5.91 Å². The van der Waals surface area contributed by atoms with E-state index in [4.69, 9.17) is 11.6 Å². The van der Waals surface area contributed by atoms with E-state index < -0.39 is 10.0 Å². The maximum absolute atomic E-state index is 13.2. The lowest BCUT2D eigenvalue weighted by Crippen LogP contribution is -2.41. The predicted octanol–water partition coefficient (Wildman–Crippen LogP) is 4.26. The molecule has 1 atom stereocenters. The number of anilines is 3. The van der Waals surface area contributed by atoms with Gasteiger partial charge in [0.1, 0.15) is 6.04 Å². The van der Waals surface area contributed by atoms with E-state index in [1.807, 2.05) is 18.2 Å². The topological polar surface area (TPSA) is 82.6 Å². The zero-order valence-corrected chi connectivity index (χ0v) is 18.8. The molecule has 1 amide bonds.